The molecule has 1 unspecified atom stereocenters. The highest BCUT2D eigenvalue weighted by Gasteiger charge is 2.28. The lowest BCUT2D eigenvalue weighted by atomic mass is 9.93. The van der Waals surface area contributed by atoms with Crippen molar-refractivity contribution in [2.45, 2.75) is 26.3 Å². The second kappa shape index (κ2) is 5.64. The van der Waals surface area contributed by atoms with Gasteiger partial charge in [-0.3, -0.25) is 0 Å². The van der Waals surface area contributed by atoms with Gasteiger partial charge in [0.2, 0.25) is 0 Å². The van der Waals surface area contributed by atoms with E-state index in [2.05, 4.69) is 36.3 Å². The summed E-state index contributed by atoms with van der Waals surface area (Å²) in [5.74, 6) is 0.455. The molecule has 2 heterocycles. The Bertz CT molecular complexity index is 929. The minimum Gasteiger partial charge on any atom is -0.496 e. The van der Waals surface area contributed by atoms with Gasteiger partial charge in [0.05, 0.1) is 13.2 Å². The molecule has 24 heavy (non-hydrogen) atoms. The number of nitrogens with one attached hydrogen (secondary N) is 2. The monoisotopic (exact) mass is 324 g/mol. The van der Waals surface area contributed by atoms with E-state index in [4.69, 9.17) is 4.74 Å². The quantitative estimate of drug-likeness (QED) is 0.742. The van der Waals surface area contributed by atoms with Gasteiger partial charge in [-0.15, -0.1) is 0 Å². The van der Waals surface area contributed by atoms with E-state index in [0.717, 1.165) is 24.2 Å². The molecule has 3 aromatic rings. The van der Waals surface area contributed by atoms with E-state index < -0.39 is 0 Å². The third-order valence-corrected chi connectivity index (χ3v) is 4.90. The highest BCUT2D eigenvalue weighted by Crippen LogP contribution is 2.38. The van der Waals surface area contributed by atoms with Crippen LogP contribution in [0.15, 0.2) is 30.3 Å². The molecule has 0 radical (unpaired) electrons. The van der Waals surface area contributed by atoms with E-state index in [1.54, 1.807) is 19.2 Å². The van der Waals surface area contributed by atoms with Gasteiger partial charge in [-0.05, 0) is 55.7 Å². The Morgan fingerprint density at radius 3 is 2.79 bits per heavy atom. The number of H-pyrrole nitrogens is 1. The van der Waals surface area contributed by atoms with Crippen molar-refractivity contribution >= 4 is 10.9 Å². The number of aromatic nitrogens is 1. The van der Waals surface area contributed by atoms with Gasteiger partial charge in [0.25, 0.3) is 0 Å². The van der Waals surface area contributed by atoms with Crippen LogP contribution in [0.25, 0.3) is 10.9 Å². The third-order valence-electron chi connectivity index (χ3n) is 4.90. The van der Waals surface area contributed by atoms with Crippen LogP contribution >= 0.6 is 0 Å². The predicted molar refractivity (Wildman–Crippen MR) is 94.3 cm³/mol. The second-order valence-corrected chi connectivity index (χ2v) is 6.55. The van der Waals surface area contributed by atoms with Crippen molar-refractivity contribution in [1.82, 2.24) is 10.3 Å². The maximum atomic E-state index is 13.8. The van der Waals surface area contributed by atoms with Crippen LogP contribution in [0.4, 0.5) is 4.39 Å². The SMILES string of the molecule is COc1ccc(F)cc1C1NCCc2c1[nH]c1c(C)cc(C)cc21. The number of aromatic amines is 1. The number of rotatable bonds is 2. The van der Waals surface area contributed by atoms with Gasteiger partial charge in [-0.2, -0.15) is 0 Å². The zero-order valence-electron chi connectivity index (χ0n) is 14.2. The molecule has 0 bridgehead atoms. The Balaban J connectivity index is 1.94. The fourth-order valence-electron chi connectivity index (χ4n) is 3.88. The van der Waals surface area contributed by atoms with Crippen LogP contribution in [-0.2, 0) is 6.42 Å². The Morgan fingerprint density at radius 2 is 2.00 bits per heavy atom. The number of halogens is 1. The molecule has 2 aromatic carbocycles. The minimum absolute atomic E-state index is 0.0912. The second-order valence-electron chi connectivity index (χ2n) is 6.55. The van der Waals surface area contributed by atoms with Crippen molar-refractivity contribution < 1.29 is 9.13 Å². The molecule has 1 aliphatic heterocycles. The average Bonchev–Trinajstić information content (AvgIpc) is 2.94. The zero-order valence-corrected chi connectivity index (χ0v) is 14.2. The Labute approximate surface area is 140 Å². The summed E-state index contributed by atoms with van der Waals surface area (Å²) < 4.78 is 19.3. The van der Waals surface area contributed by atoms with Gasteiger partial charge in [-0.1, -0.05) is 11.6 Å². The number of hydrogen-bond acceptors (Lipinski definition) is 2. The molecule has 0 saturated heterocycles. The summed E-state index contributed by atoms with van der Waals surface area (Å²) in [6.45, 7) is 5.11. The van der Waals surface area contributed by atoms with Gasteiger partial charge in [0.1, 0.15) is 11.6 Å². The van der Waals surface area contributed by atoms with Crippen molar-refractivity contribution in [2.75, 3.05) is 13.7 Å². The van der Waals surface area contributed by atoms with Crippen LogP contribution in [0.2, 0.25) is 0 Å². The van der Waals surface area contributed by atoms with Crippen LogP contribution in [-0.4, -0.2) is 18.6 Å². The summed E-state index contributed by atoms with van der Waals surface area (Å²) in [5.41, 5.74) is 6.96. The summed E-state index contributed by atoms with van der Waals surface area (Å²) in [7, 11) is 1.62. The van der Waals surface area contributed by atoms with E-state index in [9.17, 15) is 4.39 Å². The summed E-state index contributed by atoms with van der Waals surface area (Å²) in [5, 5.41) is 4.79. The molecule has 4 heteroatoms. The molecule has 1 aromatic heterocycles. The van der Waals surface area contributed by atoms with E-state index in [0.29, 0.717) is 5.75 Å². The lowest BCUT2D eigenvalue weighted by Crippen LogP contribution is -2.30. The van der Waals surface area contributed by atoms with Crippen LogP contribution in [0.5, 0.6) is 5.75 Å². The smallest absolute Gasteiger partial charge is 0.124 e. The summed E-state index contributed by atoms with van der Waals surface area (Å²) in [6.07, 6.45) is 0.965. The normalized spacial score (nSPS) is 17.1. The first-order valence-electron chi connectivity index (χ1n) is 8.27. The Hall–Kier alpha value is -2.33. The Morgan fingerprint density at radius 1 is 1.17 bits per heavy atom. The number of ether oxygens (including phenoxy) is 1. The van der Waals surface area contributed by atoms with Crippen molar-refractivity contribution in [3.8, 4) is 5.75 Å². The highest BCUT2D eigenvalue weighted by atomic mass is 19.1. The molecule has 124 valence electrons. The molecule has 0 saturated carbocycles. The first-order valence-corrected chi connectivity index (χ1v) is 8.27. The van der Waals surface area contributed by atoms with Crippen molar-refractivity contribution in [2.24, 2.45) is 0 Å². The molecular formula is C20H21FN2O. The van der Waals surface area contributed by atoms with E-state index in [1.807, 2.05) is 0 Å². The van der Waals surface area contributed by atoms with Gasteiger partial charge in [-0.25, -0.2) is 4.39 Å². The number of fused-ring (bicyclic) bond motifs is 3. The van der Waals surface area contributed by atoms with E-state index in [-0.39, 0.29) is 11.9 Å². The van der Waals surface area contributed by atoms with Crippen LogP contribution in [0, 0.1) is 19.7 Å². The van der Waals surface area contributed by atoms with Crippen molar-refractivity contribution in [1.29, 1.82) is 0 Å². The maximum Gasteiger partial charge on any atom is 0.124 e. The lowest BCUT2D eigenvalue weighted by molar-refractivity contribution is 0.400. The zero-order chi connectivity index (χ0) is 16.8. The molecule has 1 aliphatic rings. The number of aryl methyl sites for hydroxylation is 2. The van der Waals surface area contributed by atoms with Crippen LogP contribution in [0.1, 0.15) is 34.0 Å². The first kappa shape index (κ1) is 15.2. The van der Waals surface area contributed by atoms with Gasteiger partial charge in [0.15, 0.2) is 0 Å². The van der Waals surface area contributed by atoms with Gasteiger partial charge < -0.3 is 15.0 Å². The molecule has 0 spiro atoms. The standard InChI is InChI=1S/C20H21FN2O/c1-11-8-12(2)18-15(9-11)14-6-7-22-19(20(14)23-18)16-10-13(21)4-5-17(16)24-3/h4-5,8-10,19,22-23H,6-7H2,1-3H3. The number of hydrogen-bond donors (Lipinski definition) is 2. The minimum atomic E-state index is -0.247. The molecule has 0 fully saturated rings. The fourth-order valence-corrected chi connectivity index (χ4v) is 3.88. The highest BCUT2D eigenvalue weighted by molar-refractivity contribution is 5.88. The predicted octanol–water partition coefficient (Wildman–Crippen LogP) is 4.17. The molecular weight excluding hydrogens is 303 g/mol. The molecule has 1 atom stereocenters. The van der Waals surface area contributed by atoms with Gasteiger partial charge >= 0.3 is 0 Å². The van der Waals surface area contributed by atoms with E-state index in [1.165, 1.54) is 33.7 Å². The third kappa shape index (κ3) is 2.29. The molecule has 0 amide bonds. The molecule has 0 aliphatic carbocycles. The largest absolute Gasteiger partial charge is 0.496 e. The number of benzene rings is 2. The maximum absolute atomic E-state index is 13.8. The fraction of sp³-hybridized carbons (Fsp3) is 0.300. The molecule has 2 N–H and O–H groups in total. The number of methoxy groups -OCH3 is 1. The molecule has 4 rings (SSSR count). The van der Waals surface area contributed by atoms with Crippen molar-refractivity contribution in [3.63, 3.8) is 0 Å². The van der Waals surface area contributed by atoms with E-state index >= 15 is 0 Å². The summed E-state index contributed by atoms with van der Waals surface area (Å²) in [6, 6.07) is 9.03. The molecule has 3 nitrogen and oxygen atoms in total. The van der Waals surface area contributed by atoms with Crippen LogP contribution in [0.3, 0.4) is 0 Å². The summed E-state index contributed by atoms with van der Waals surface area (Å²) in [4.78, 5) is 3.59. The average molecular weight is 324 g/mol. The van der Waals surface area contributed by atoms with Crippen molar-refractivity contribution in [3.05, 3.63) is 64.1 Å². The van der Waals surface area contributed by atoms with Crippen LogP contribution < -0.4 is 10.1 Å². The topological polar surface area (TPSA) is 37.0 Å². The Kier molecular flexibility index (Phi) is 3.57. The summed E-state index contributed by atoms with van der Waals surface area (Å²) >= 11 is 0. The first-order chi connectivity index (χ1) is 11.6. The van der Waals surface area contributed by atoms with Gasteiger partial charge in [0, 0.05) is 28.7 Å². The lowest BCUT2D eigenvalue weighted by Gasteiger charge is -2.26.